The van der Waals surface area contributed by atoms with Crippen LogP contribution in [0.15, 0.2) is 54.6 Å². The smallest absolute Gasteiger partial charge is 0.272 e. The average molecular weight is 389 g/mol. The van der Waals surface area contributed by atoms with Crippen LogP contribution in [0.4, 0.5) is 17.1 Å². The number of anilines is 3. The molecule has 0 atom stereocenters. The number of para-hydroxylation sites is 1. The summed E-state index contributed by atoms with van der Waals surface area (Å²) >= 11 is 0. The van der Waals surface area contributed by atoms with Gasteiger partial charge in [-0.25, -0.2) is 4.98 Å². The van der Waals surface area contributed by atoms with Gasteiger partial charge < -0.3 is 15.1 Å². The number of fused-ring (bicyclic) bond motifs is 1. The van der Waals surface area contributed by atoms with Gasteiger partial charge in [0.05, 0.1) is 11.2 Å². The Morgan fingerprint density at radius 2 is 1.76 bits per heavy atom. The van der Waals surface area contributed by atoms with E-state index in [4.69, 9.17) is 0 Å². The molecule has 1 aliphatic heterocycles. The number of amides is 1. The van der Waals surface area contributed by atoms with Crippen LogP contribution in [-0.2, 0) is 0 Å². The van der Waals surface area contributed by atoms with Crippen molar-refractivity contribution in [2.45, 2.75) is 19.8 Å². The lowest BCUT2D eigenvalue weighted by Gasteiger charge is -2.30. The van der Waals surface area contributed by atoms with Gasteiger partial charge in [0.25, 0.3) is 5.91 Å². The first kappa shape index (κ1) is 19.2. The number of rotatable bonds is 4. The van der Waals surface area contributed by atoms with Gasteiger partial charge in [0, 0.05) is 43.9 Å². The van der Waals surface area contributed by atoms with Crippen molar-refractivity contribution in [1.29, 1.82) is 0 Å². The number of likely N-dealkylation sites (tertiary alicyclic amines) is 1. The van der Waals surface area contributed by atoms with E-state index in [1.165, 1.54) is 0 Å². The van der Waals surface area contributed by atoms with E-state index < -0.39 is 0 Å². The van der Waals surface area contributed by atoms with Crippen LogP contribution in [0.3, 0.4) is 0 Å². The van der Waals surface area contributed by atoms with Crippen LogP contribution in [0.1, 0.15) is 30.3 Å². The predicted molar refractivity (Wildman–Crippen MR) is 120 cm³/mol. The maximum absolute atomic E-state index is 13.1. The zero-order valence-electron chi connectivity index (χ0n) is 17.4. The van der Waals surface area contributed by atoms with Crippen molar-refractivity contribution in [3.8, 4) is 0 Å². The Labute approximate surface area is 172 Å². The maximum atomic E-state index is 13.1. The van der Waals surface area contributed by atoms with E-state index in [0.717, 1.165) is 53.9 Å². The Morgan fingerprint density at radius 1 is 1.07 bits per heavy atom. The molecule has 0 aliphatic carbocycles. The molecule has 1 aromatic heterocycles. The third-order valence-electron chi connectivity index (χ3n) is 5.67. The fourth-order valence-electron chi connectivity index (χ4n) is 3.76. The fourth-order valence-corrected chi connectivity index (χ4v) is 3.76. The lowest BCUT2D eigenvalue weighted by atomic mass is 9.99. The summed E-state index contributed by atoms with van der Waals surface area (Å²) in [4.78, 5) is 21.8. The molecule has 1 amide bonds. The summed E-state index contributed by atoms with van der Waals surface area (Å²) in [6.45, 7) is 3.87. The molecule has 5 nitrogen and oxygen atoms in total. The van der Waals surface area contributed by atoms with Gasteiger partial charge in [-0.1, -0.05) is 25.1 Å². The van der Waals surface area contributed by atoms with Crippen LogP contribution >= 0.6 is 0 Å². The van der Waals surface area contributed by atoms with E-state index in [2.05, 4.69) is 46.4 Å². The van der Waals surface area contributed by atoms with Crippen LogP contribution in [0.25, 0.3) is 10.9 Å². The van der Waals surface area contributed by atoms with E-state index in [1.807, 2.05) is 49.3 Å². The predicted octanol–water partition coefficient (Wildman–Crippen LogP) is 4.92. The fraction of sp³-hybridized carbons (Fsp3) is 0.333. The van der Waals surface area contributed by atoms with E-state index in [0.29, 0.717) is 11.6 Å². The third-order valence-corrected chi connectivity index (χ3v) is 5.67. The minimum absolute atomic E-state index is 0.0219. The van der Waals surface area contributed by atoms with E-state index in [9.17, 15) is 4.79 Å². The molecule has 3 aromatic rings. The summed E-state index contributed by atoms with van der Waals surface area (Å²) in [5, 5.41) is 4.50. The number of piperidine rings is 1. The van der Waals surface area contributed by atoms with Gasteiger partial charge in [-0.15, -0.1) is 0 Å². The Bertz CT molecular complexity index is 1010. The van der Waals surface area contributed by atoms with Gasteiger partial charge in [0.15, 0.2) is 0 Å². The molecular weight excluding hydrogens is 360 g/mol. The summed E-state index contributed by atoms with van der Waals surface area (Å²) in [6.07, 6.45) is 2.12. The standard InChI is InChI=1S/C24H28N4O/c1-17-12-14-28(15-13-17)24(29)23-16-22(20-6-4-5-7-21(20)26-23)25-18-8-10-19(11-9-18)27(2)3/h4-11,16-17H,12-15H2,1-3H3,(H,25,26). The lowest BCUT2D eigenvalue weighted by Crippen LogP contribution is -2.38. The van der Waals surface area contributed by atoms with Crippen LogP contribution in [-0.4, -0.2) is 43.0 Å². The van der Waals surface area contributed by atoms with Gasteiger partial charge in [-0.2, -0.15) is 0 Å². The molecule has 0 radical (unpaired) electrons. The minimum Gasteiger partial charge on any atom is -0.378 e. The number of benzene rings is 2. The van der Waals surface area contributed by atoms with Crippen molar-refractivity contribution in [3.05, 3.63) is 60.3 Å². The second-order valence-electron chi connectivity index (χ2n) is 8.11. The summed E-state index contributed by atoms with van der Waals surface area (Å²) in [7, 11) is 4.05. The molecule has 5 heteroatoms. The minimum atomic E-state index is 0.0219. The van der Waals surface area contributed by atoms with Crippen molar-refractivity contribution in [3.63, 3.8) is 0 Å². The number of nitrogens with zero attached hydrogens (tertiary/aromatic N) is 3. The van der Waals surface area contributed by atoms with Crippen molar-refractivity contribution < 1.29 is 4.79 Å². The monoisotopic (exact) mass is 388 g/mol. The van der Waals surface area contributed by atoms with E-state index >= 15 is 0 Å². The molecule has 29 heavy (non-hydrogen) atoms. The van der Waals surface area contributed by atoms with Crippen LogP contribution in [0.2, 0.25) is 0 Å². The molecule has 0 saturated carbocycles. The first-order valence-corrected chi connectivity index (χ1v) is 10.2. The molecule has 4 rings (SSSR count). The number of hydrogen-bond acceptors (Lipinski definition) is 4. The first-order chi connectivity index (χ1) is 14.0. The molecular formula is C24H28N4O. The molecule has 0 bridgehead atoms. The van der Waals surface area contributed by atoms with Gasteiger partial charge in [-0.05, 0) is 55.2 Å². The second kappa shape index (κ2) is 8.11. The van der Waals surface area contributed by atoms with Crippen molar-refractivity contribution in [2.75, 3.05) is 37.4 Å². The lowest BCUT2D eigenvalue weighted by molar-refractivity contribution is 0.0691. The summed E-state index contributed by atoms with van der Waals surface area (Å²) < 4.78 is 0. The Hall–Kier alpha value is -3.08. The quantitative estimate of drug-likeness (QED) is 0.689. The number of carbonyl (C=O) groups is 1. The van der Waals surface area contributed by atoms with Crippen molar-refractivity contribution in [1.82, 2.24) is 9.88 Å². The molecule has 0 spiro atoms. The molecule has 1 aliphatic rings. The van der Waals surface area contributed by atoms with Gasteiger partial charge in [0.1, 0.15) is 5.69 Å². The maximum Gasteiger partial charge on any atom is 0.272 e. The molecule has 1 saturated heterocycles. The van der Waals surface area contributed by atoms with Crippen LogP contribution in [0.5, 0.6) is 0 Å². The zero-order chi connectivity index (χ0) is 20.4. The van der Waals surface area contributed by atoms with Crippen LogP contribution < -0.4 is 10.2 Å². The van der Waals surface area contributed by atoms with Gasteiger partial charge >= 0.3 is 0 Å². The largest absolute Gasteiger partial charge is 0.378 e. The zero-order valence-corrected chi connectivity index (χ0v) is 17.4. The van der Waals surface area contributed by atoms with Crippen molar-refractivity contribution >= 4 is 33.9 Å². The highest BCUT2D eigenvalue weighted by atomic mass is 16.2. The topological polar surface area (TPSA) is 48.5 Å². The number of hydrogen-bond donors (Lipinski definition) is 1. The molecule has 1 N–H and O–H groups in total. The number of nitrogens with one attached hydrogen (secondary N) is 1. The highest BCUT2D eigenvalue weighted by Gasteiger charge is 2.23. The summed E-state index contributed by atoms with van der Waals surface area (Å²) in [6, 6.07) is 18.1. The molecule has 150 valence electrons. The molecule has 2 heterocycles. The van der Waals surface area contributed by atoms with E-state index in [-0.39, 0.29) is 5.91 Å². The third kappa shape index (κ3) is 4.19. The van der Waals surface area contributed by atoms with Crippen LogP contribution in [0, 0.1) is 5.92 Å². The Balaban J connectivity index is 1.66. The highest BCUT2D eigenvalue weighted by Crippen LogP contribution is 2.28. The summed E-state index contributed by atoms with van der Waals surface area (Å²) in [5.41, 5.74) is 4.37. The van der Waals surface area contributed by atoms with Gasteiger partial charge in [-0.3, -0.25) is 4.79 Å². The Morgan fingerprint density at radius 3 is 2.45 bits per heavy atom. The Kier molecular flexibility index (Phi) is 5.38. The second-order valence-corrected chi connectivity index (χ2v) is 8.11. The highest BCUT2D eigenvalue weighted by molar-refractivity contribution is 6.00. The first-order valence-electron chi connectivity index (χ1n) is 10.2. The molecule has 1 fully saturated rings. The average Bonchev–Trinajstić information content (AvgIpc) is 2.74. The molecule has 0 unspecified atom stereocenters. The SMILES string of the molecule is CC1CCN(C(=O)c2cc(Nc3ccc(N(C)C)cc3)c3ccccc3n2)CC1. The number of pyridine rings is 1. The van der Waals surface area contributed by atoms with Gasteiger partial charge in [0.2, 0.25) is 0 Å². The number of aromatic nitrogens is 1. The molecule has 2 aromatic carbocycles. The normalized spacial score (nSPS) is 14.8. The summed E-state index contributed by atoms with van der Waals surface area (Å²) in [5.74, 6) is 0.708. The van der Waals surface area contributed by atoms with Crippen molar-refractivity contribution in [2.24, 2.45) is 5.92 Å². The number of carbonyl (C=O) groups excluding carboxylic acids is 1. The van der Waals surface area contributed by atoms with E-state index in [1.54, 1.807) is 0 Å².